The van der Waals surface area contributed by atoms with Crippen molar-refractivity contribution in [3.63, 3.8) is 0 Å². The quantitative estimate of drug-likeness (QED) is 0.823. The van der Waals surface area contributed by atoms with Crippen LogP contribution in [0.15, 0.2) is 48.5 Å². The molecule has 0 saturated carbocycles. The Hall–Kier alpha value is -2.82. The number of carboxylic acids is 1. The van der Waals surface area contributed by atoms with E-state index in [1.54, 1.807) is 4.90 Å². The van der Waals surface area contributed by atoms with Gasteiger partial charge in [-0.1, -0.05) is 62.4 Å². The van der Waals surface area contributed by atoms with Crippen molar-refractivity contribution >= 4 is 12.1 Å². The number of hydrogen-bond acceptors (Lipinski definition) is 3. The number of carbonyl (C=O) groups excluding carboxylic acids is 1. The minimum atomic E-state index is -0.768. The topological polar surface area (TPSA) is 66.8 Å². The lowest BCUT2D eigenvalue weighted by molar-refractivity contribution is -0.146. The minimum absolute atomic E-state index is 0.0313. The van der Waals surface area contributed by atoms with Crippen LogP contribution in [0.25, 0.3) is 11.1 Å². The summed E-state index contributed by atoms with van der Waals surface area (Å²) < 4.78 is 5.74. The second-order valence-electron chi connectivity index (χ2n) is 8.39. The van der Waals surface area contributed by atoms with Gasteiger partial charge in [0, 0.05) is 19.0 Å². The third-order valence-corrected chi connectivity index (χ3v) is 6.43. The Balaban J connectivity index is 1.46. The fourth-order valence-electron chi connectivity index (χ4n) is 4.82. The molecule has 0 aromatic heterocycles. The lowest BCUT2D eigenvalue weighted by atomic mass is 9.78. The van der Waals surface area contributed by atoms with Crippen molar-refractivity contribution in [3.8, 4) is 11.1 Å². The molecule has 0 radical (unpaired) electrons. The summed E-state index contributed by atoms with van der Waals surface area (Å²) in [6, 6.07) is 16.5. The molecule has 1 N–H and O–H groups in total. The monoisotopic (exact) mass is 393 g/mol. The van der Waals surface area contributed by atoms with E-state index in [0.717, 1.165) is 0 Å². The van der Waals surface area contributed by atoms with Crippen LogP contribution in [0.5, 0.6) is 0 Å². The van der Waals surface area contributed by atoms with Gasteiger partial charge in [0.15, 0.2) is 0 Å². The molecule has 2 aromatic carbocycles. The van der Waals surface area contributed by atoms with Crippen LogP contribution in [-0.2, 0) is 9.53 Å². The van der Waals surface area contributed by atoms with E-state index in [1.807, 2.05) is 38.1 Å². The normalized spacial score (nSPS) is 21.0. The third-order valence-electron chi connectivity index (χ3n) is 6.43. The van der Waals surface area contributed by atoms with Gasteiger partial charge in [-0.05, 0) is 40.5 Å². The van der Waals surface area contributed by atoms with E-state index >= 15 is 0 Å². The van der Waals surface area contributed by atoms with Crippen LogP contribution in [0.4, 0.5) is 4.79 Å². The van der Waals surface area contributed by atoms with E-state index in [0.29, 0.717) is 19.5 Å². The zero-order valence-corrected chi connectivity index (χ0v) is 16.9. The number of likely N-dealkylation sites (tertiary alicyclic amines) is 1. The van der Waals surface area contributed by atoms with Crippen molar-refractivity contribution in [2.24, 2.45) is 17.8 Å². The summed E-state index contributed by atoms with van der Waals surface area (Å²) in [5.74, 6) is -0.991. The maximum absolute atomic E-state index is 12.8. The highest BCUT2D eigenvalue weighted by atomic mass is 16.6. The van der Waals surface area contributed by atoms with Gasteiger partial charge in [-0.3, -0.25) is 4.79 Å². The third kappa shape index (κ3) is 3.61. The Labute approximate surface area is 171 Å². The number of carboxylic acid groups (broad SMARTS) is 1. The number of aliphatic carboxylic acids is 1. The fourth-order valence-corrected chi connectivity index (χ4v) is 4.82. The first kappa shape index (κ1) is 19.5. The van der Waals surface area contributed by atoms with Crippen LogP contribution in [-0.4, -0.2) is 41.8 Å². The minimum Gasteiger partial charge on any atom is -0.481 e. The van der Waals surface area contributed by atoms with Gasteiger partial charge in [0.05, 0.1) is 5.92 Å². The molecule has 1 heterocycles. The van der Waals surface area contributed by atoms with E-state index in [4.69, 9.17) is 4.74 Å². The van der Waals surface area contributed by atoms with Crippen LogP contribution in [0.1, 0.15) is 37.3 Å². The Morgan fingerprint density at radius 1 is 1.07 bits per heavy atom. The summed E-state index contributed by atoms with van der Waals surface area (Å²) in [6.07, 6.45) is 0.129. The van der Waals surface area contributed by atoms with Crippen LogP contribution < -0.4 is 0 Å². The first-order valence-electron chi connectivity index (χ1n) is 10.3. The molecule has 2 atom stereocenters. The van der Waals surface area contributed by atoms with E-state index in [1.165, 1.54) is 22.3 Å². The van der Waals surface area contributed by atoms with Crippen molar-refractivity contribution in [1.29, 1.82) is 0 Å². The molecule has 1 amide bonds. The van der Waals surface area contributed by atoms with Crippen LogP contribution in [0.3, 0.4) is 0 Å². The van der Waals surface area contributed by atoms with E-state index in [-0.39, 0.29) is 30.5 Å². The number of fused-ring (bicyclic) bond motifs is 3. The SMILES string of the molecule is CC(C)C1CN(C(=O)OCC2c3ccccc3-c3ccccc32)CCC1C(=O)O. The lowest BCUT2D eigenvalue weighted by Gasteiger charge is -2.38. The zero-order valence-electron chi connectivity index (χ0n) is 16.9. The van der Waals surface area contributed by atoms with Gasteiger partial charge >= 0.3 is 12.1 Å². The van der Waals surface area contributed by atoms with Gasteiger partial charge < -0.3 is 14.7 Å². The number of nitrogens with zero attached hydrogens (tertiary/aromatic N) is 1. The smallest absolute Gasteiger partial charge is 0.409 e. The van der Waals surface area contributed by atoms with Crippen molar-refractivity contribution in [1.82, 2.24) is 4.90 Å². The standard InChI is InChI=1S/C24H27NO4/c1-15(2)21-13-25(12-11-20(21)23(26)27)24(28)29-14-22-18-9-5-3-7-16(18)17-8-4-6-10-19(17)22/h3-10,15,20-22H,11-14H2,1-2H3,(H,26,27). The molecule has 5 nitrogen and oxygen atoms in total. The molecule has 0 spiro atoms. The predicted octanol–water partition coefficient (Wildman–Crippen LogP) is 4.61. The summed E-state index contributed by atoms with van der Waals surface area (Å²) in [5, 5.41) is 9.48. The van der Waals surface area contributed by atoms with Gasteiger partial charge in [0.25, 0.3) is 0 Å². The maximum atomic E-state index is 12.8. The Bertz CT molecular complexity index is 877. The summed E-state index contributed by atoms with van der Waals surface area (Å²) >= 11 is 0. The summed E-state index contributed by atoms with van der Waals surface area (Å²) in [4.78, 5) is 26.0. The maximum Gasteiger partial charge on any atom is 0.409 e. The number of amides is 1. The van der Waals surface area contributed by atoms with Gasteiger partial charge in [0.2, 0.25) is 0 Å². The molecule has 1 aliphatic heterocycles. The summed E-state index contributed by atoms with van der Waals surface area (Å²) in [6.45, 7) is 5.18. The highest BCUT2D eigenvalue weighted by Crippen LogP contribution is 2.44. The van der Waals surface area contributed by atoms with Gasteiger partial charge in [-0.25, -0.2) is 4.79 Å². The van der Waals surface area contributed by atoms with Crippen LogP contribution in [0.2, 0.25) is 0 Å². The average Bonchev–Trinajstić information content (AvgIpc) is 3.05. The molecule has 0 bridgehead atoms. The van der Waals surface area contributed by atoms with Crippen molar-refractivity contribution < 1.29 is 19.4 Å². The first-order chi connectivity index (χ1) is 14.0. The fraction of sp³-hybridized carbons (Fsp3) is 0.417. The van der Waals surface area contributed by atoms with E-state index in [2.05, 4.69) is 24.3 Å². The van der Waals surface area contributed by atoms with Crippen molar-refractivity contribution in [2.75, 3.05) is 19.7 Å². The van der Waals surface area contributed by atoms with Crippen LogP contribution >= 0.6 is 0 Å². The molecule has 152 valence electrons. The molecule has 4 rings (SSSR count). The second-order valence-corrected chi connectivity index (χ2v) is 8.39. The van der Waals surface area contributed by atoms with Gasteiger partial charge in [-0.2, -0.15) is 0 Å². The highest BCUT2D eigenvalue weighted by molar-refractivity contribution is 5.79. The second kappa shape index (κ2) is 7.90. The molecular weight excluding hydrogens is 366 g/mol. The molecule has 2 aromatic rings. The van der Waals surface area contributed by atoms with E-state index in [9.17, 15) is 14.7 Å². The summed E-state index contributed by atoms with van der Waals surface area (Å²) in [5.41, 5.74) is 4.77. The average molecular weight is 393 g/mol. The molecule has 2 aliphatic rings. The number of piperidine rings is 1. The zero-order chi connectivity index (χ0) is 20.5. The Morgan fingerprint density at radius 2 is 1.66 bits per heavy atom. The van der Waals surface area contributed by atoms with Crippen molar-refractivity contribution in [3.05, 3.63) is 59.7 Å². The Morgan fingerprint density at radius 3 is 2.21 bits per heavy atom. The Kier molecular flexibility index (Phi) is 5.31. The molecule has 29 heavy (non-hydrogen) atoms. The predicted molar refractivity (Wildman–Crippen MR) is 111 cm³/mol. The lowest BCUT2D eigenvalue weighted by Crippen LogP contribution is -2.47. The number of rotatable bonds is 4. The van der Waals surface area contributed by atoms with Gasteiger partial charge in [0.1, 0.15) is 6.61 Å². The molecule has 2 unspecified atom stereocenters. The summed E-state index contributed by atoms with van der Waals surface area (Å²) in [7, 11) is 0. The number of hydrogen-bond donors (Lipinski definition) is 1. The largest absolute Gasteiger partial charge is 0.481 e. The molecule has 5 heteroatoms. The first-order valence-corrected chi connectivity index (χ1v) is 10.3. The van der Waals surface area contributed by atoms with E-state index < -0.39 is 11.9 Å². The van der Waals surface area contributed by atoms with Crippen molar-refractivity contribution in [2.45, 2.75) is 26.2 Å². The van der Waals surface area contributed by atoms with Gasteiger partial charge in [-0.15, -0.1) is 0 Å². The number of ether oxygens (including phenoxy) is 1. The molecular formula is C24H27NO4. The van der Waals surface area contributed by atoms with Crippen LogP contribution in [0, 0.1) is 17.8 Å². The molecule has 1 saturated heterocycles. The number of carbonyl (C=O) groups is 2. The number of benzene rings is 2. The molecule has 1 aliphatic carbocycles. The molecule has 1 fully saturated rings. The highest BCUT2D eigenvalue weighted by Gasteiger charge is 2.38.